The molecule has 0 heterocycles. The average molecular weight is 183 g/mol. The Kier molecular flexibility index (Phi) is 2.79. The predicted octanol–water partition coefficient (Wildman–Crippen LogP) is 3.81. The van der Waals surface area contributed by atoms with Gasteiger partial charge in [0.1, 0.15) is 0 Å². The molecule has 1 rings (SSSR count). The quantitative estimate of drug-likeness (QED) is 0.611. The topological polar surface area (TPSA) is 0 Å². The summed E-state index contributed by atoms with van der Waals surface area (Å²) in [5.74, 6) is 0.389. The van der Waals surface area contributed by atoms with Gasteiger partial charge >= 0.3 is 0 Å². The second-order valence-corrected chi connectivity index (χ2v) is 4.67. The highest BCUT2D eigenvalue weighted by molar-refractivity contribution is 6.23. The van der Waals surface area contributed by atoms with Gasteiger partial charge in [-0.1, -0.05) is 37.3 Å². The second-order valence-electron chi connectivity index (χ2n) is 3.70. The third kappa shape index (κ3) is 2.25. The van der Waals surface area contributed by atoms with Crippen LogP contribution in [0.1, 0.15) is 32.3 Å². The second kappa shape index (κ2) is 3.49. The number of hydrogen-bond donors (Lipinski definition) is 0. The highest BCUT2D eigenvalue weighted by Crippen LogP contribution is 2.32. The van der Waals surface area contributed by atoms with Crippen molar-refractivity contribution in [1.29, 1.82) is 0 Å². The molecule has 0 fully saturated rings. The molecule has 0 aliphatic heterocycles. The third-order valence-electron chi connectivity index (χ3n) is 2.33. The standard InChI is InChI=1S/C11H15Cl/c1-9(11(2,3)12)10-7-5-4-6-8-10/h4-9H,1-3H3. The zero-order valence-electron chi connectivity index (χ0n) is 7.84. The molecule has 12 heavy (non-hydrogen) atoms. The molecule has 0 amide bonds. The molecule has 0 N–H and O–H groups in total. The molecule has 0 saturated carbocycles. The first kappa shape index (κ1) is 9.60. The van der Waals surface area contributed by atoms with E-state index >= 15 is 0 Å². The zero-order valence-corrected chi connectivity index (χ0v) is 8.60. The number of rotatable bonds is 2. The van der Waals surface area contributed by atoms with Crippen LogP contribution < -0.4 is 0 Å². The first-order chi connectivity index (χ1) is 5.52. The van der Waals surface area contributed by atoms with Gasteiger partial charge in [0.25, 0.3) is 0 Å². The highest BCUT2D eigenvalue weighted by Gasteiger charge is 2.23. The monoisotopic (exact) mass is 182 g/mol. The minimum atomic E-state index is -0.165. The summed E-state index contributed by atoms with van der Waals surface area (Å²) in [6, 6.07) is 10.4. The van der Waals surface area contributed by atoms with Gasteiger partial charge in [0, 0.05) is 4.87 Å². The van der Waals surface area contributed by atoms with Crippen molar-refractivity contribution >= 4 is 11.6 Å². The fourth-order valence-electron chi connectivity index (χ4n) is 1.14. The molecule has 1 heteroatoms. The fraction of sp³-hybridized carbons (Fsp3) is 0.455. The zero-order chi connectivity index (χ0) is 9.19. The Morgan fingerprint density at radius 3 is 2.08 bits per heavy atom. The number of halogens is 1. The van der Waals surface area contributed by atoms with E-state index in [4.69, 9.17) is 11.6 Å². The highest BCUT2D eigenvalue weighted by atomic mass is 35.5. The molecule has 0 spiro atoms. The van der Waals surface area contributed by atoms with Crippen molar-refractivity contribution in [2.24, 2.45) is 0 Å². The maximum atomic E-state index is 6.22. The molecule has 0 aliphatic rings. The minimum Gasteiger partial charge on any atom is -0.119 e. The summed E-state index contributed by atoms with van der Waals surface area (Å²) in [4.78, 5) is -0.165. The van der Waals surface area contributed by atoms with Crippen LogP contribution in [0.5, 0.6) is 0 Å². The van der Waals surface area contributed by atoms with E-state index < -0.39 is 0 Å². The lowest BCUT2D eigenvalue weighted by atomic mass is 9.90. The molecule has 0 aliphatic carbocycles. The van der Waals surface area contributed by atoms with Gasteiger partial charge in [-0.2, -0.15) is 0 Å². The van der Waals surface area contributed by atoms with E-state index in [1.165, 1.54) is 5.56 Å². The van der Waals surface area contributed by atoms with Crippen LogP contribution in [-0.4, -0.2) is 4.87 Å². The Balaban J connectivity index is 2.86. The van der Waals surface area contributed by atoms with Crippen molar-refractivity contribution in [2.75, 3.05) is 0 Å². The molecule has 66 valence electrons. The Bertz CT molecular complexity index is 233. The van der Waals surface area contributed by atoms with Crippen LogP contribution in [0.15, 0.2) is 30.3 Å². The van der Waals surface area contributed by atoms with Crippen LogP contribution in [0, 0.1) is 0 Å². The lowest BCUT2D eigenvalue weighted by Crippen LogP contribution is -2.19. The van der Waals surface area contributed by atoms with Gasteiger partial charge in [-0.15, -0.1) is 11.6 Å². The van der Waals surface area contributed by atoms with Crippen molar-refractivity contribution in [3.05, 3.63) is 35.9 Å². The summed E-state index contributed by atoms with van der Waals surface area (Å²) in [7, 11) is 0. The molecule has 0 saturated heterocycles. The summed E-state index contributed by atoms with van der Waals surface area (Å²) in [5, 5.41) is 0. The smallest absolute Gasteiger partial charge is 0.0456 e. The Hall–Kier alpha value is -0.490. The molecular formula is C11H15Cl. The molecule has 1 atom stereocenters. The van der Waals surface area contributed by atoms with Crippen LogP contribution >= 0.6 is 11.6 Å². The molecule has 0 nitrogen and oxygen atoms in total. The Morgan fingerprint density at radius 2 is 1.67 bits per heavy atom. The lowest BCUT2D eigenvalue weighted by molar-refractivity contribution is 0.575. The summed E-state index contributed by atoms with van der Waals surface area (Å²) >= 11 is 6.22. The molecule has 1 aromatic carbocycles. The maximum Gasteiger partial charge on any atom is 0.0456 e. The predicted molar refractivity (Wildman–Crippen MR) is 54.8 cm³/mol. The normalized spacial score (nSPS) is 14.3. The van der Waals surface area contributed by atoms with Crippen LogP contribution in [0.2, 0.25) is 0 Å². The minimum absolute atomic E-state index is 0.165. The molecular weight excluding hydrogens is 168 g/mol. The molecule has 0 aromatic heterocycles. The summed E-state index contributed by atoms with van der Waals surface area (Å²) in [5.41, 5.74) is 1.30. The van der Waals surface area contributed by atoms with Crippen molar-refractivity contribution in [3.63, 3.8) is 0 Å². The first-order valence-electron chi connectivity index (χ1n) is 4.25. The lowest BCUT2D eigenvalue weighted by Gasteiger charge is -2.24. The number of alkyl halides is 1. The van der Waals surface area contributed by atoms with E-state index in [1.807, 2.05) is 19.9 Å². The van der Waals surface area contributed by atoms with Crippen LogP contribution in [0.4, 0.5) is 0 Å². The Labute approximate surface area is 79.6 Å². The largest absolute Gasteiger partial charge is 0.119 e. The number of hydrogen-bond acceptors (Lipinski definition) is 0. The Morgan fingerprint density at radius 1 is 1.17 bits per heavy atom. The number of benzene rings is 1. The van der Waals surface area contributed by atoms with Gasteiger partial charge in [-0.3, -0.25) is 0 Å². The van der Waals surface area contributed by atoms with Crippen molar-refractivity contribution in [3.8, 4) is 0 Å². The molecule has 1 aromatic rings. The van der Waals surface area contributed by atoms with Crippen LogP contribution in [0.3, 0.4) is 0 Å². The summed E-state index contributed by atoms with van der Waals surface area (Å²) in [6.45, 7) is 6.25. The van der Waals surface area contributed by atoms with Crippen LogP contribution in [-0.2, 0) is 0 Å². The van der Waals surface area contributed by atoms with Crippen LogP contribution in [0.25, 0.3) is 0 Å². The molecule has 0 radical (unpaired) electrons. The maximum absolute atomic E-state index is 6.22. The van der Waals surface area contributed by atoms with Gasteiger partial charge in [-0.25, -0.2) is 0 Å². The third-order valence-corrected chi connectivity index (χ3v) is 2.66. The van der Waals surface area contributed by atoms with Gasteiger partial charge in [0.2, 0.25) is 0 Å². The summed E-state index contributed by atoms with van der Waals surface area (Å²) < 4.78 is 0. The van der Waals surface area contributed by atoms with E-state index in [9.17, 15) is 0 Å². The first-order valence-corrected chi connectivity index (χ1v) is 4.63. The fourth-order valence-corrected chi connectivity index (χ4v) is 1.26. The van der Waals surface area contributed by atoms with E-state index in [2.05, 4.69) is 31.2 Å². The van der Waals surface area contributed by atoms with Crippen molar-refractivity contribution < 1.29 is 0 Å². The van der Waals surface area contributed by atoms with Crippen molar-refractivity contribution in [2.45, 2.75) is 31.6 Å². The molecule has 0 bridgehead atoms. The van der Waals surface area contributed by atoms with Gasteiger partial charge in [0.15, 0.2) is 0 Å². The van der Waals surface area contributed by atoms with Gasteiger partial charge in [0.05, 0.1) is 0 Å². The molecule has 1 unspecified atom stereocenters. The summed E-state index contributed by atoms with van der Waals surface area (Å²) in [6.07, 6.45) is 0. The van der Waals surface area contributed by atoms with Gasteiger partial charge in [-0.05, 0) is 25.3 Å². The van der Waals surface area contributed by atoms with Gasteiger partial charge < -0.3 is 0 Å². The average Bonchev–Trinajstić information content (AvgIpc) is 2.03. The van der Waals surface area contributed by atoms with E-state index in [1.54, 1.807) is 0 Å². The van der Waals surface area contributed by atoms with Crippen molar-refractivity contribution in [1.82, 2.24) is 0 Å². The van der Waals surface area contributed by atoms with E-state index in [0.717, 1.165) is 0 Å². The SMILES string of the molecule is CC(c1ccccc1)C(C)(C)Cl. The van der Waals surface area contributed by atoms with E-state index in [0.29, 0.717) is 5.92 Å². The van der Waals surface area contributed by atoms with E-state index in [-0.39, 0.29) is 4.87 Å².